The molecule has 11 heteroatoms. The van der Waals surface area contributed by atoms with Gasteiger partial charge in [-0.2, -0.15) is 9.78 Å². The number of nitrogens with zero attached hydrogens (tertiary/aromatic N) is 4. The molecule has 0 aromatic carbocycles. The van der Waals surface area contributed by atoms with Crippen molar-refractivity contribution in [1.29, 1.82) is 0 Å². The van der Waals surface area contributed by atoms with Gasteiger partial charge in [0.1, 0.15) is 23.4 Å². The molecule has 2 rings (SSSR count). The molecule has 33 heavy (non-hydrogen) atoms. The van der Waals surface area contributed by atoms with E-state index in [-0.39, 0.29) is 23.8 Å². The van der Waals surface area contributed by atoms with Crippen LogP contribution in [0.4, 0.5) is 10.6 Å². The molecule has 0 fully saturated rings. The van der Waals surface area contributed by atoms with Crippen LogP contribution in [0.15, 0.2) is 24.8 Å². The average molecular weight is 466 g/mol. The molecule has 0 radical (unpaired) electrons. The average Bonchev–Trinajstić information content (AvgIpc) is 3.19. The van der Waals surface area contributed by atoms with Crippen LogP contribution < -0.4 is 5.32 Å². The second kappa shape index (κ2) is 12.4. The summed E-state index contributed by atoms with van der Waals surface area (Å²) in [5, 5.41) is 32.6. The third kappa shape index (κ3) is 11.0. The number of carbonyl (C=O) groups excluding carboxylic acids is 2. The Bertz CT molecular complexity index is 891. The van der Waals surface area contributed by atoms with E-state index in [2.05, 4.69) is 20.4 Å². The molecule has 0 aliphatic carbocycles. The number of ether oxygens (including phenoxy) is 1. The number of rotatable bonds is 8. The second-order valence-electron chi connectivity index (χ2n) is 8.91. The molecule has 2 aromatic heterocycles. The van der Waals surface area contributed by atoms with Gasteiger partial charge in [-0.1, -0.05) is 13.3 Å². The van der Waals surface area contributed by atoms with Crippen LogP contribution in [0.5, 0.6) is 0 Å². The SMILES string of the molecule is CC(C)(O)O.CCC(CO)CCNc1ncncc1C(=O)c1ccn(C(=O)OC(C)(C)C)n1. The fraction of sp³-hybridized carbons (Fsp3) is 0.591. The Labute approximate surface area is 193 Å². The number of nitrogens with one attached hydrogen (secondary N) is 1. The first kappa shape index (κ1) is 28.1. The van der Waals surface area contributed by atoms with Gasteiger partial charge < -0.3 is 25.4 Å². The van der Waals surface area contributed by atoms with Crippen molar-refractivity contribution in [3.05, 3.63) is 36.0 Å². The number of hydrogen-bond donors (Lipinski definition) is 4. The molecule has 184 valence electrons. The summed E-state index contributed by atoms with van der Waals surface area (Å²) in [7, 11) is 0. The van der Waals surface area contributed by atoms with E-state index in [4.69, 9.17) is 14.9 Å². The monoisotopic (exact) mass is 465 g/mol. The van der Waals surface area contributed by atoms with Gasteiger partial charge in [-0.3, -0.25) is 4.79 Å². The van der Waals surface area contributed by atoms with E-state index in [9.17, 15) is 14.7 Å². The minimum atomic E-state index is -1.50. The van der Waals surface area contributed by atoms with Gasteiger partial charge in [-0.05, 0) is 53.0 Å². The number of carbonyl (C=O) groups is 2. The van der Waals surface area contributed by atoms with Gasteiger partial charge in [0, 0.05) is 25.5 Å². The summed E-state index contributed by atoms with van der Waals surface area (Å²) in [6.07, 6.45) is 5.10. The van der Waals surface area contributed by atoms with Crippen molar-refractivity contribution < 1.29 is 29.6 Å². The largest absolute Gasteiger partial charge is 0.442 e. The number of hydrogen-bond acceptors (Lipinski definition) is 10. The zero-order valence-electron chi connectivity index (χ0n) is 20.1. The van der Waals surface area contributed by atoms with Crippen LogP contribution in [-0.2, 0) is 4.74 Å². The van der Waals surface area contributed by atoms with Gasteiger partial charge in [-0.15, -0.1) is 0 Å². The summed E-state index contributed by atoms with van der Waals surface area (Å²) in [4.78, 5) is 32.9. The molecule has 0 spiro atoms. The third-order valence-electron chi connectivity index (χ3n) is 4.04. The number of aliphatic hydroxyl groups excluding tert-OH is 1. The van der Waals surface area contributed by atoms with Gasteiger partial charge in [-0.25, -0.2) is 14.8 Å². The fourth-order valence-corrected chi connectivity index (χ4v) is 2.45. The van der Waals surface area contributed by atoms with Crippen LogP contribution in [-0.4, -0.2) is 71.5 Å². The first-order chi connectivity index (χ1) is 15.2. The van der Waals surface area contributed by atoms with Crippen LogP contribution in [0.3, 0.4) is 0 Å². The Balaban J connectivity index is 0.000000981. The summed E-state index contributed by atoms with van der Waals surface area (Å²) in [5.74, 6) is -1.32. The van der Waals surface area contributed by atoms with E-state index < -0.39 is 23.3 Å². The van der Waals surface area contributed by atoms with E-state index >= 15 is 0 Å². The molecule has 0 saturated carbocycles. The Hall–Kier alpha value is -2.89. The first-order valence-electron chi connectivity index (χ1n) is 10.7. The van der Waals surface area contributed by atoms with Gasteiger partial charge in [0.2, 0.25) is 5.78 Å². The molecule has 2 aromatic rings. The summed E-state index contributed by atoms with van der Waals surface area (Å²) < 4.78 is 6.22. The molecule has 0 amide bonds. The van der Waals surface area contributed by atoms with Crippen LogP contribution in [0, 0.1) is 5.92 Å². The molecule has 0 aliphatic rings. The summed E-state index contributed by atoms with van der Waals surface area (Å²) in [5.41, 5.74) is -0.317. The highest BCUT2D eigenvalue weighted by atomic mass is 16.6. The topological polar surface area (TPSA) is 160 Å². The second-order valence-corrected chi connectivity index (χ2v) is 8.91. The zero-order valence-corrected chi connectivity index (χ0v) is 20.1. The Morgan fingerprint density at radius 2 is 1.85 bits per heavy atom. The van der Waals surface area contributed by atoms with Crippen LogP contribution in [0.1, 0.15) is 70.4 Å². The highest BCUT2D eigenvalue weighted by Gasteiger charge is 2.22. The number of aromatic nitrogens is 4. The highest BCUT2D eigenvalue weighted by Crippen LogP contribution is 2.16. The van der Waals surface area contributed by atoms with Crippen molar-refractivity contribution in [2.45, 2.75) is 65.8 Å². The minimum absolute atomic E-state index is 0.0884. The van der Waals surface area contributed by atoms with Gasteiger partial charge in [0.25, 0.3) is 0 Å². The standard InChI is InChI=1S/C19H27N5O4.C3H8O2/c1-5-13(11-25)6-8-21-17-14(10-20-12-22-17)16(26)15-7-9-24(23-15)18(27)28-19(2,3)4;1-3(2,4)5/h7,9-10,12-13,25H,5-6,8,11H2,1-4H3,(H,20,21,22);4-5H,1-2H3. The lowest BCUT2D eigenvalue weighted by Crippen LogP contribution is -2.27. The maximum absolute atomic E-state index is 12.8. The maximum atomic E-state index is 12.8. The molecule has 1 unspecified atom stereocenters. The molecular formula is C22H35N5O6. The number of ketones is 1. The normalized spacial score (nSPS) is 12.4. The van der Waals surface area contributed by atoms with E-state index in [0.717, 1.165) is 17.5 Å². The maximum Gasteiger partial charge on any atom is 0.435 e. The zero-order chi connectivity index (χ0) is 25.2. The molecule has 4 N–H and O–H groups in total. The van der Waals surface area contributed by atoms with E-state index in [0.29, 0.717) is 12.4 Å². The summed E-state index contributed by atoms with van der Waals surface area (Å²) in [6, 6.07) is 1.45. The number of anilines is 1. The van der Waals surface area contributed by atoms with Gasteiger partial charge >= 0.3 is 6.09 Å². The van der Waals surface area contributed by atoms with Crippen molar-refractivity contribution in [2.24, 2.45) is 5.92 Å². The van der Waals surface area contributed by atoms with Crippen molar-refractivity contribution in [2.75, 3.05) is 18.5 Å². The molecule has 0 bridgehead atoms. The van der Waals surface area contributed by atoms with Crippen molar-refractivity contribution in [3.8, 4) is 0 Å². The third-order valence-corrected chi connectivity index (χ3v) is 4.04. The molecule has 11 nitrogen and oxygen atoms in total. The first-order valence-corrected chi connectivity index (χ1v) is 10.7. The predicted octanol–water partition coefficient (Wildman–Crippen LogP) is 2.21. The number of aliphatic hydroxyl groups is 3. The molecule has 0 saturated heterocycles. The van der Waals surface area contributed by atoms with Crippen LogP contribution >= 0.6 is 0 Å². The van der Waals surface area contributed by atoms with E-state index in [1.807, 2.05) is 6.92 Å². The fourth-order valence-electron chi connectivity index (χ4n) is 2.45. The van der Waals surface area contributed by atoms with E-state index in [1.165, 1.54) is 38.6 Å². The van der Waals surface area contributed by atoms with Crippen LogP contribution in [0.25, 0.3) is 0 Å². The lowest BCUT2D eigenvalue weighted by molar-refractivity contribution is -0.127. The highest BCUT2D eigenvalue weighted by molar-refractivity contribution is 6.10. The van der Waals surface area contributed by atoms with Crippen molar-refractivity contribution >= 4 is 17.7 Å². The molecule has 2 heterocycles. The molecular weight excluding hydrogens is 430 g/mol. The van der Waals surface area contributed by atoms with Gasteiger partial charge in [0.15, 0.2) is 5.79 Å². The van der Waals surface area contributed by atoms with E-state index in [1.54, 1.807) is 20.8 Å². The van der Waals surface area contributed by atoms with Crippen molar-refractivity contribution in [3.63, 3.8) is 0 Å². The molecule has 0 aliphatic heterocycles. The Morgan fingerprint density at radius 3 is 2.39 bits per heavy atom. The Morgan fingerprint density at radius 1 is 1.21 bits per heavy atom. The van der Waals surface area contributed by atoms with Crippen LogP contribution in [0.2, 0.25) is 0 Å². The smallest absolute Gasteiger partial charge is 0.435 e. The lowest BCUT2D eigenvalue weighted by Gasteiger charge is -2.18. The summed E-state index contributed by atoms with van der Waals surface area (Å²) in [6.45, 7) is 10.5. The molecule has 1 atom stereocenters. The van der Waals surface area contributed by atoms with Gasteiger partial charge in [0.05, 0.1) is 5.56 Å². The van der Waals surface area contributed by atoms with Crippen molar-refractivity contribution in [1.82, 2.24) is 19.7 Å². The summed E-state index contributed by atoms with van der Waals surface area (Å²) >= 11 is 0. The quantitative estimate of drug-likeness (QED) is 0.336. The Kier molecular flexibility index (Phi) is 10.6. The predicted molar refractivity (Wildman–Crippen MR) is 122 cm³/mol. The minimum Gasteiger partial charge on any atom is -0.442 e. The lowest BCUT2D eigenvalue weighted by atomic mass is 10.0.